The minimum absolute atomic E-state index is 0.159. The van der Waals surface area contributed by atoms with Crippen LogP contribution >= 0.6 is 11.8 Å². The molecule has 30 heavy (non-hydrogen) atoms. The van der Waals surface area contributed by atoms with Crippen LogP contribution in [0.2, 0.25) is 0 Å². The Kier molecular flexibility index (Phi) is 7.26. The molecular formula is C22H31ClN4O2S. The number of aromatic nitrogens is 1. The van der Waals surface area contributed by atoms with Gasteiger partial charge in [0.15, 0.2) is 0 Å². The van der Waals surface area contributed by atoms with Crippen molar-refractivity contribution < 1.29 is 8.42 Å². The monoisotopic (exact) mass is 450 g/mol. The van der Waals surface area contributed by atoms with Crippen LogP contribution < -0.4 is 8.72 Å². The van der Waals surface area contributed by atoms with Gasteiger partial charge in [0.25, 0.3) is 10.0 Å². The van der Waals surface area contributed by atoms with Crippen LogP contribution in [0.25, 0.3) is 0 Å². The van der Waals surface area contributed by atoms with E-state index in [4.69, 9.17) is 11.8 Å². The zero-order valence-electron chi connectivity index (χ0n) is 18.1. The second-order valence-electron chi connectivity index (χ2n) is 8.15. The van der Waals surface area contributed by atoms with E-state index >= 15 is 0 Å². The molecule has 0 spiro atoms. The molecule has 3 rings (SSSR count). The summed E-state index contributed by atoms with van der Waals surface area (Å²) in [6, 6.07) is 10.8. The fourth-order valence-corrected chi connectivity index (χ4v) is 5.14. The predicted octanol–water partition coefficient (Wildman–Crippen LogP) is 4.47. The molecule has 1 aromatic carbocycles. The highest BCUT2D eigenvalue weighted by molar-refractivity contribution is 7.94. The number of piperazine rings is 1. The van der Waals surface area contributed by atoms with Crippen LogP contribution in [-0.2, 0) is 10.0 Å². The zero-order chi connectivity index (χ0) is 21.9. The second kappa shape index (κ2) is 9.54. The highest BCUT2D eigenvalue weighted by Gasteiger charge is 2.26. The molecule has 1 aromatic heterocycles. The lowest BCUT2D eigenvalue weighted by atomic mass is 10.0. The molecule has 1 atom stereocenters. The van der Waals surface area contributed by atoms with Crippen LogP contribution in [0.5, 0.6) is 0 Å². The van der Waals surface area contributed by atoms with Crippen molar-refractivity contribution in [2.75, 3.05) is 34.9 Å². The SMILES string of the molecule is CCCN1CCN(c2ccc(N(Cl)S(=O)(=O)c3ccc(C(C)C)cc3)cn2)CC1C. The number of hydrogen-bond donors (Lipinski definition) is 0. The number of halogens is 1. The molecule has 2 aromatic rings. The Morgan fingerprint density at radius 1 is 1.17 bits per heavy atom. The Morgan fingerprint density at radius 2 is 1.87 bits per heavy atom. The number of anilines is 2. The molecule has 2 heterocycles. The summed E-state index contributed by atoms with van der Waals surface area (Å²) in [7, 11) is -3.86. The summed E-state index contributed by atoms with van der Waals surface area (Å²) < 4.78 is 26.6. The summed E-state index contributed by atoms with van der Waals surface area (Å²) in [6.45, 7) is 12.5. The van der Waals surface area contributed by atoms with Gasteiger partial charge in [0.1, 0.15) is 5.82 Å². The van der Waals surface area contributed by atoms with E-state index < -0.39 is 10.0 Å². The van der Waals surface area contributed by atoms with Gasteiger partial charge in [0.2, 0.25) is 0 Å². The third-order valence-corrected chi connectivity index (χ3v) is 7.83. The fraction of sp³-hybridized carbons (Fsp3) is 0.500. The maximum absolute atomic E-state index is 12.9. The molecule has 1 fully saturated rings. The lowest BCUT2D eigenvalue weighted by Crippen LogP contribution is -2.52. The average Bonchev–Trinajstić information content (AvgIpc) is 2.75. The molecule has 164 valence electrons. The van der Waals surface area contributed by atoms with E-state index in [2.05, 4.69) is 42.5 Å². The van der Waals surface area contributed by atoms with Gasteiger partial charge in [-0.3, -0.25) is 4.90 Å². The van der Waals surface area contributed by atoms with E-state index in [1.807, 2.05) is 18.2 Å². The minimum atomic E-state index is -3.86. The van der Waals surface area contributed by atoms with Crippen molar-refractivity contribution in [3.8, 4) is 0 Å². The third kappa shape index (κ3) is 4.90. The van der Waals surface area contributed by atoms with Crippen LogP contribution in [0.4, 0.5) is 11.5 Å². The van der Waals surface area contributed by atoms with Gasteiger partial charge in [0.05, 0.1) is 16.8 Å². The number of pyridine rings is 1. The molecule has 8 heteroatoms. The zero-order valence-corrected chi connectivity index (χ0v) is 19.7. The maximum Gasteiger partial charge on any atom is 0.278 e. The Morgan fingerprint density at radius 3 is 2.40 bits per heavy atom. The number of nitrogens with zero attached hydrogens (tertiary/aromatic N) is 4. The third-order valence-electron chi connectivity index (χ3n) is 5.59. The van der Waals surface area contributed by atoms with Crippen molar-refractivity contribution in [1.82, 2.24) is 9.88 Å². The van der Waals surface area contributed by atoms with E-state index in [0.717, 1.165) is 47.8 Å². The number of hydrogen-bond acceptors (Lipinski definition) is 5. The van der Waals surface area contributed by atoms with Crippen molar-refractivity contribution in [2.24, 2.45) is 0 Å². The van der Waals surface area contributed by atoms with Crippen molar-refractivity contribution in [1.29, 1.82) is 0 Å². The van der Waals surface area contributed by atoms with Crippen LogP contribution in [0.3, 0.4) is 0 Å². The summed E-state index contributed by atoms with van der Waals surface area (Å²) in [5.41, 5.74) is 1.40. The minimum Gasteiger partial charge on any atom is -0.354 e. The van der Waals surface area contributed by atoms with E-state index in [9.17, 15) is 8.42 Å². The van der Waals surface area contributed by atoms with Gasteiger partial charge in [-0.05, 0) is 55.6 Å². The van der Waals surface area contributed by atoms with Crippen molar-refractivity contribution in [3.05, 3.63) is 48.2 Å². The maximum atomic E-state index is 12.9. The van der Waals surface area contributed by atoms with E-state index in [0.29, 0.717) is 17.6 Å². The Bertz CT molecular complexity index is 933. The molecular weight excluding hydrogens is 420 g/mol. The average molecular weight is 451 g/mol. The van der Waals surface area contributed by atoms with Crippen LogP contribution in [0, 0.1) is 0 Å². The molecule has 6 nitrogen and oxygen atoms in total. The molecule has 1 unspecified atom stereocenters. The van der Waals surface area contributed by atoms with E-state index in [-0.39, 0.29) is 4.90 Å². The van der Waals surface area contributed by atoms with Gasteiger partial charge in [-0.2, -0.15) is 12.2 Å². The van der Waals surface area contributed by atoms with Gasteiger partial charge >= 0.3 is 0 Å². The molecule has 0 amide bonds. The van der Waals surface area contributed by atoms with Crippen LogP contribution in [0.1, 0.15) is 45.6 Å². The van der Waals surface area contributed by atoms with Gasteiger partial charge in [-0.1, -0.05) is 32.9 Å². The van der Waals surface area contributed by atoms with Gasteiger partial charge in [-0.25, -0.2) is 4.98 Å². The molecule has 0 N–H and O–H groups in total. The summed E-state index contributed by atoms with van der Waals surface area (Å²) in [4.78, 5) is 9.37. The van der Waals surface area contributed by atoms with Gasteiger partial charge in [0, 0.05) is 37.5 Å². The first-order valence-electron chi connectivity index (χ1n) is 10.5. The van der Waals surface area contributed by atoms with Crippen LogP contribution in [-0.4, -0.2) is 50.5 Å². The molecule has 0 bridgehead atoms. The molecule has 1 aliphatic heterocycles. The Balaban J connectivity index is 1.72. The normalized spacial score (nSPS) is 18.1. The summed E-state index contributed by atoms with van der Waals surface area (Å²) in [5, 5.41) is 0. The first kappa shape index (κ1) is 22.8. The predicted molar refractivity (Wildman–Crippen MR) is 124 cm³/mol. The number of benzene rings is 1. The Labute approximate surface area is 185 Å². The van der Waals surface area contributed by atoms with Gasteiger partial charge < -0.3 is 4.90 Å². The fourth-order valence-electron chi connectivity index (χ4n) is 3.75. The lowest BCUT2D eigenvalue weighted by Gasteiger charge is -2.40. The number of rotatable bonds is 7. The topological polar surface area (TPSA) is 56.8 Å². The molecule has 0 radical (unpaired) electrons. The summed E-state index contributed by atoms with van der Waals surface area (Å²) >= 11 is 6.24. The largest absolute Gasteiger partial charge is 0.354 e. The Hall–Kier alpha value is -1.83. The van der Waals surface area contributed by atoms with E-state index in [1.54, 1.807) is 18.2 Å². The second-order valence-corrected chi connectivity index (χ2v) is 10.5. The van der Waals surface area contributed by atoms with Crippen molar-refractivity contribution >= 4 is 33.3 Å². The highest BCUT2D eigenvalue weighted by Crippen LogP contribution is 2.28. The lowest BCUT2D eigenvalue weighted by molar-refractivity contribution is 0.189. The summed E-state index contributed by atoms with van der Waals surface area (Å²) in [5.74, 6) is 1.17. The summed E-state index contributed by atoms with van der Waals surface area (Å²) in [6.07, 6.45) is 2.67. The first-order valence-corrected chi connectivity index (χ1v) is 12.3. The standard InChI is InChI=1S/C22H31ClN4O2S/c1-5-12-25-13-14-26(16-18(25)4)22-11-8-20(15-24-22)27(23)30(28,29)21-9-6-19(7-10-21)17(2)3/h6-11,15,17-18H,5,12-14,16H2,1-4H3. The highest BCUT2D eigenvalue weighted by atomic mass is 35.5. The first-order chi connectivity index (χ1) is 14.2. The molecule has 1 aliphatic rings. The quantitative estimate of drug-likeness (QED) is 0.582. The molecule has 0 saturated carbocycles. The van der Waals surface area contributed by atoms with Crippen molar-refractivity contribution in [2.45, 2.75) is 51.0 Å². The van der Waals surface area contributed by atoms with Gasteiger partial charge in [-0.15, -0.1) is 0 Å². The molecule has 1 saturated heterocycles. The smallest absolute Gasteiger partial charge is 0.278 e. The van der Waals surface area contributed by atoms with Crippen LogP contribution in [0.15, 0.2) is 47.5 Å². The molecule has 0 aliphatic carbocycles. The van der Waals surface area contributed by atoms with E-state index in [1.165, 1.54) is 6.20 Å². The van der Waals surface area contributed by atoms with Crippen molar-refractivity contribution in [3.63, 3.8) is 0 Å². The number of sulfonamides is 1.